The summed E-state index contributed by atoms with van der Waals surface area (Å²) in [5.74, 6) is 6.48. The Morgan fingerprint density at radius 1 is 1.29 bits per heavy atom. The van der Waals surface area contributed by atoms with E-state index >= 15 is 0 Å². The summed E-state index contributed by atoms with van der Waals surface area (Å²) in [6.45, 7) is 0. The molecule has 5 nitrogen and oxygen atoms in total. The molecule has 5 heteroatoms. The van der Waals surface area contributed by atoms with Crippen LogP contribution in [0.2, 0.25) is 0 Å². The summed E-state index contributed by atoms with van der Waals surface area (Å²) in [5, 5.41) is 4.21. The molecule has 0 aliphatic rings. The quantitative estimate of drug-likeness (QED) is 0.540. The van der Waals surface area contributed by atoms with Crippen molar-refractivity contribution < 1.29 is 0 Å². The van der Waals surface area contributed by atoms with Crippen LogP contribution < -0.4 is 11.3 Å². The third kappa shape index (κ3) is 1.45. The third-order valence-corrected chi connectivity index (χ3v) is 1.92. The van der Waals surface area contributed by atoms with Crippen molar-refractivity contribution >= 4 is 5.95 Å². The van der Waals surface area contributed by atoms with E-state index in [1.165, 1.54) is 0 Å². The van der Waals surface area contributed by atoms with Crippen LogP contribution in [0.3, 0.4) is 0 Å². The first kappa shape index (κ1) is 8.71. The summed E-state index contributed by atoms with van der Waals surface area (Å²) in [6, 6.07) is 9.75. The maximum absolute atomic E-state index is 5.27. The number of hydrogen-bond acceptors (Lipinski definition) is 4. The Balaban J connectivity index is 2.43. The van der Waals surface area contributed by atoms with Gasteiger partial charge in [-0.3, -0.25) is 5.43 Å². The zero-order valence-corrected chi connectivity index (χ0v) is 7.81. The van der Waals surface area contributed by atoms with Crippen molar-refractivity contribution in [2.45, 2.75) is 0 Å². The van der Waals surface area contributed by atoms with Crippen LogP contribution in [-0.2, 0) is 7.05 Å². The van der Waals surface area contributed by atoms with Crippen molar-refractivity contribution in [1.29, 1.82) is 0 Å². The number of nitrogens with one attached hydrogen (secondary N) is 1. The molecule has 72 valence electrons. The van der Waals surface area contributed by atoms with E-state index in [9.17, 15) is 0 Å². The fourth-order valence-electron chi connectivity index (χ4n) is 1.22. The minimum absolute atomic E-state index is 0.545. The highest BCUT2D eigenvalue weighted by Gasteiger charge is 2.06. The van der Waals surface area contributed by atoms with Gasteiger partial charge in [-0.25, -0.2) is 10.5 Å². The highest BCUT2D eigenvalue weighted by atomic mass is 15.4. The van der Waals surface area contributed by atoms with Crippen LogP contribution >= 0.6 is 0 Å². The molecule has 14 heavy (non-hydrogen) atoms. The minimum Gasteiger partial charge on any atom is -0.293 e. The standard InChI is InChI=1S/C9H11N5/c1-14-9(12-10)11-8(13-14)7-5-3-2-4-6-7/h2-6H,10H2,1H3,(H,11,12,13). The van der Waals surface area contributed by atoms with Crippen molar-refractivity contribution in [1.82, 2.24) is 14.8 Å². The van der Waals surface area contributed by atoms with Gasteiger partial charge in [-0.2, -0.15) is 4.98 Å². The molecular weight excluding hydrogens is 178 g/mol. The number of nitrogens with zero attached hydrogens (tertiary/aromatic N) is 3. The largest absolute Gasteiger partial charge is 0.293 e. The molecule has 0 atom stereocenters. The smallest absolute Gasteiger partial charge is 0.235 e. The van der Waals surface area contributed by atoms with Crippen LogP contribution in [0.25, 0.3) is 11.4 Å². The number of nitrogens with two attached hydrogens (primary N) is 1. The number of aryl methyl sites for hydroxylation is 1. The van der Waals surface area contributed by atoms with E-state index in [0.717, 1.165) is 5.56 Å². The molecule has 0 bridgehead atoms. The number of hydrogen-bond donors (Lipinski definition) is 2. The van der Waals surface area contributed by atoms with Crippen molar-refractivity contribution in [2.75, 3.05) is 5.43 Å². The molecule has 2 rings (SSSR count). The van der Waals surface area contributed by atoms with Gasteiger partial charge in [0.05, 0.1) is 0 Å². The fraction of sp³-hybridized carbons (Fsp3) is 0.111. The predicted octanol–water partition coefficient (Wildman–Crippen LogP) is 0.768. The lowest BCUT2D eigenvalue weighted by molar-refractivity contribution is 0.772. The Kier molecular flexibility index (Phi) is 2.16. The molecule has 3 N–H and O–H groups in total. The van der Waals surface area contributed by atoms with Gasteiger partial charge in [-0.05, 0) is 0 Å². The van der Waals surface area contributed by atoms with Gasteiger partial charge in [0.25, 0.3) is 0 Å². The van der Waals surface area contributed by atoms with Crippen LogP contribution in [0.1, 0.15) is 0 Å². The summed E-state index contributed by atoms with van der Waals surface area (Å²) in [6.07, 6.45) is 0. The van der Waals surface area contributed by atoms with Crippen molar-refractivity contribution in [3.05, 3.63) is 30.3 Å². The van der Waals surface area contributed by atoms with Gasteiger partial charge in [0, 0.05) is 12.6 Å². The minimum atomic E-state index is 0.545. The summed E-state index contributed by atoms with van der Waals surface area (Å²) in [5.41, 5.74) is 3.45. The second-order valence-corrected chi connectivity index (χ2v) is 2.89. The number of rotatable bonds is 2. The normalized spacial score (nSPS) is 10.1. The molecule has 0 radical (unpaired) electrons. The van der Waals surface area contributed by atoms with Crippen molar-refractivity contribution in [3.63, 3.8) is 0 Å². The highest BCUT2D eigenvalue weighted by molar-refractivity contribution is 5.55. The number of aromatic nitrogens is 3. The molecule has 2 aromatic rings. The van der Waals surface area contributed by atoms with Crippen LogP contribution in [0.15, 0.2) is 30.3 Å². The number of anilines is 1. The number of benzene rings is 1. The van der Waals surface area contributed by atoms with Gasteiger partial charge in [0.15, 0.2) is 5.82 Å². The van der Waals surface area contributed by atoms with Gasteiger partial charge in [-0.1, -0.05) is 30.3 Å². The van der Waals surface area contributed by atoms with E-state index in [1.807, 2.05) is 30.3 Å². The Hall–Kier alpha value is -1.88. The third-order valence-electron chi connectivity index (χ3n) is 1.92. The lowest BCUT2D eigenvalue weighted by Crippen LogP contribution is -2.11. The van der Waals surface area contributed by atoms with E-state index in [-0.39, 0.29) is 0 Å². The Bertz CT molecular complexity index is 420. The van der Waals surface area contributed by atoms with E-state index < -0.39 is 0 Å². The first-order valence-corrected chi connectivity index (χ1v) is 4.24. The summed E-state index contributed by atoms with van der Waals surface area (Å²) in [4.78, 5) is 4.21. The first-order chi connectivity index (χ1) is 6.81. The average molecular weight is 189 g/mol. The average Bonchev–Trinajstić information content (AvgIpc) is 2.61. The zero-order chi connectivity index (χ0) is 9.97. The SMILES string of the molecule is Cn1nc(-c2ccccc2)nc1NN. The maximum Gasteiger partial charge on any atom is 0.235 e. The van der Waals surface area contributed by atoms with Gasteiger partial charge < -0.3 is 0 Å². The number of hydrazine groups is 1. The van der Waals surface area contributed by atoms with E-state index in [4.69, 9.17) is 5.84 Å². The van der Waals surface area contributed by atoms with Crippen LogP contribution in [0.4, 0.5) is 5.95 Å². The molecule has 0 aliphatic carbocycles. The van der Waals surface area contributed by atoms with Gasteiger partial charge in [0.2, 0.25) is 5.95 Å². The molecule has 0 amide bonds. The Morgan fingerprint density at radius 2 is 2.00 bits per heavy atom. The first-order valence-electron chi connectivity index (χ1n) is 4.24. The van der Waals surface area contributed by atoms with Crippen LogP contribution in [0, 0.1) is 0 Å². The highest BCUT2D eigenvalue weighted by Crippen LogP contribution is 2.15. The van der Waals surface area contributed by atoms with Crippen LogP contribution in [-0.4, -0.2) is 14.8 Å². The lowest BCUT2D eigenvalue weighted by atomic mass is 10.2. The van der Waals surface area contributed by atoms with Crippen molar-refractivity contribution in [2.24, 2.45) is 12.9 Å². The van der Waals surface area contributed by atoms with Crippen molar-refractivity contribution in [3.8, 4) is 11.4 Å². The topological polar surface area (TPSA) is 68.8 Å². The van der Waals surface area contributed by atoms with Crippen LogP contribution in [0.5, 0.6) is 0 Å². The molecule has 0 saturated heterocycles. The summed E-state index contributed by atoms with van der Waals surface area (Å²) < 4.78 is 1.60. The monoisotopic (exact) mass is 189 g/mol. The molecule has 0 spiro atoms. The molecule has 1 heterocycles. The molecule has 1 aromatic heterocycles. The molecule has 0 fully saturated rings. The summed E-state index contributed by atoms with van der Waals surface area (Å²) >= 11 is 0. The number of nitrogen functional groups attached to an aromatic ring is 1. The Morgan fingerprint density at radius 3 is 2.57 bits per heavy atom. The van der Waals surface area contributed by atoms with Gasteiger partial charge >= 0.3 is 0 Å². The Labute approximate surface area is 81.5 Å². The fourth-order valence-corrected chi connectivity index (χ4v) is 1.22. The van der Waals surface area contributed by atoms with Gasteiger partial charge in [-0.15, -0.1) is 5.10 Å². The summed E-state index contributed by atoms with van der Waals surface area (Å²) in [7, 11) is 1.79. The second-order valence-electron chi connectivity index (χ2n) is 2.89. The zero-order valence-electron chi connectivity index (χ0n) is 7.81. The van der Waals surface area contributed by atoms with Gasteiger partial charge in [0.1, 0.15) is 0 Å². The molecule has 0 aliphatic heterocycles. The second kappa shape index (κ2) is 3.47. The molecular formula is C9H11N5. The molecule has 0 unspecified atom stereocenters. The van der Waals surface area contributed by atoms with E-state index in [2.05, 4.69) is 15.5 Å². The maximum atomic E-state index is 5.27. The molecule has 0 saturated carbocycles. The van der Waals surface area contributed by atoms with E-state index in [0.29, 0.717) is 11.8 Å². The lowest BCUT2D eigenvalue weighted by Gasteiger charge is -1.93. The molecule has 1 aromatic carbocycles. The predicted molar refractivity (Wildman–Crippen MR) is 54.2 cm³/mol. The van der Waals surface area contributed by atoms with E-state index in [1.54, 1.807) is 11.7 Å².